The van der Waals surface area contributed by atoms with Crippen molar-refractivity contribution in [1.29, 1.82) is 0 Å². The molecule has 2 aromatic rings. The molecule has 0 aliphatic carbocycles. The van der Waals surface area contributed by atoms with E-state index < -0.39 is 0 Å². The molecule has 1 N–H and O–H groups in total. The SMILES string of the molecule is CCc1nn(C)c(CSc2ccccc2O)c1Cl. The molecule has 3 nitrogen and oxygen atoms in total. The molecule has 96 valence electrons. The number of aryl methyl sites for hydroxylation is 2. The third-order valence-electron chi connectivity index (χ3n) is 2.73. The van der Waals surface area contributed by atoms with E-state index in [1.807, 2.05) is 36.9 Å². The van der Waals surface area contributed by atoms with Crippen LogP contribution in [0.1, 0.15) is 18.3 Å². The summed E-state index contributed by atoms with van der Waals surface area (Å²) in [5.74, 6) is 0.997. The van der Waals surface area contributed by atoms with Crippen molar-refractivity contribution in [3.63, 3.8) is 0 Å². The third kappa shape index (κ3) is 2.65. The van der Waals surface area contributed by atoms with Crippen molar-refractivity contribution in [2.75, 3.05) is 0 Å². The van der Waals surface area contributed by atoms with Gasteiger partial charge < -0.3 is 5.11 Å². The predicted octanol–water partition coefficient (Wildman–Crippen LogP) is 3.63. The second-order valence-corrected chi connectivity index (χ2v) is 5.34. The van der Waals surface area contributed by atoms with E-state index in [4.69, 9.17) is 11.6 Å². The molecule has 0 amide bonds. The Bertz CT molecular complexity index is 554. The molecule has 0 unspecified atom stereocenters. The topological polar surface area (TPSA) is 38.0 Å². The van der Waals surface area contributed by atoms with Crippen molar-refractivity contribution < 1.29 is 5.11 Å². The number of para-hydroxylation sites is 1. The van der Waals surface area contributed by atoms with Crippen LogP contribution in [0.2, 0.25) is 5.02 Å². The van der Waals surface area contributed by atoms with Crippen LogP contribution < -0.4 is 0 Å². The first kappa shape index (κ1) is 13.3. The Morgan fingerprint density at radius 3 is 2.72 bits per heavy atom. The quantitative estimate of drug-likeness (QED) is 0.870. The van der Waals surface area contributed by atoms with Crippen LogP contribution in [0, 0.1) is 0 Å². The van der Waals surface area contributed by atoms with Crippen LogP contribution in [0.25, 0.3) is 0 Å². The maximum absolute atomic E-state index is 9.70. The van der Waals surface area contributed by atoms with Crippen LogP contribution in [0.15, 0.2) is 29.2 Å². The summed E-state index contributed by atoms with van der Waals surface area (Å²) in [5, 5.41) is 14.8. The maximum Gasteiger partial charge on any atom is 0.129 e. The summed E-state index contributed by atoms with van der Waals surface area (Å²) in [5.41, 5.74) is 1.91. The molecule has 1 aromatic heterocycles. The molecule has 0 aliphatic rings. The van der Waals surface area contributed by atoms with E-state index in [0.717, 1.165) is 27.7 Å². The Labute approximate surface area is 116 Å². The van der Waals surface area contributed by atoms with Gasteiger partial charge in [-0.05, 0) is 18.6 Å². The summed E-state index contributed by atoms with van der Waals surface area (Å²) in [4.78, 5) is 0.854. The van der Waals surface area contributed by atoms with Gasteiger partial charge in [-0.1, -0.05) is 30.7 Å². The minimum Gasteiger partial charge on any atom is -0.507 e. The first-order valence-electron chi connectivity index (χ1n) is 5.74. The lowest BCUT2D eigenvalue weighted by Gasteiger charge is -2.05. The number of aromatic nitrogens is 2. The molecule has 5 heteroatoms. The number of nitrogens with zero attached hydrogens (tertiary/aromatic N) is 2. The van der Waals surface area contributed by atoms with Crippen LogP contribution in [0.3, 0.4) is 0 Å². The molecule has 1 aromatic carbocycles. The minimum atomic E-state index is 0.302. The zero-order valence-corrected chi connectivity index (χ0v) is 11.9. The van der Waals surface area contributed by atoms with Gasteiger partial charge in [0.05, 0.1) is 16.4 Å². The third-order valence-corrected chi connectivity index (χ3v) is 4.24. The summed E-state index contributed by atoms with van der Waals surface area (Å²) >= 11 is 7.83. The van der Waals surface area contributed by atoms with Crippen molar-refractivity contribution >= 4 is 23.4 Å². The van der Waals surface area contributed by atoms with Gasteiger partial charge in [-0.15, -0.1) is 11.8 Å². The van der Waals surface area contributed by atoms with E-state index >= 15 is 0 Å². The van der Waals surface area contributed by atoms with Crippen LogP contribution in [0.4, 0.5) is 0 Å². The summed E-state index contributed by atoms with van der Waals surface area (Å²) in [6.45, 7) is 2.04. The smallest absolute Gasteiger partial charge is 0.129 e. The number of benzene rings is 1. The van der Waals surface area contributed by atoms with E-state index in [-0.39, 0.29) is 0 Å². The second-order valence-electron chi connectivity index (χ2n) is 3.94. The zero-order valence-electron chi connectivity index (χ0n) is 10.4. The molecule has 0 bridgehead atoms. The van der Waals surface area contributed by atoms with E-state index in [0.29, 0.717) is 11.5 Å². The number of phenolic OH excluding ortho intramolecular Hbond substituents is 1. The highest BCUT2D eigenvalue weighted by atomic mass is 35.5. The van der Waals surface area contributed by atoms with Crippen molar-refractivity contribution in [3.8, 4) is 5.75 Å². The molecule has 0 atom stereocenters. The lowest BCUT2D eigenvalue weighted by molar-refractivity contribution is 0.462. The highest BCUT2D eigenvalue weighted by molar-refractivity contribution is 7.98. The lowest BCUT2D eigenvalue weighted by atomic mass is 10.3. The number of hydrogen-bond donors (Lipinski definition) is 1. The number of thioether (sulfide) groups is 1. The van der Waals surface area contributed by atoms with Gasteiger partial charge in [0.25, 0.3) is 0 Å². The largest absolute Gasteiger partial charge is 0.507 e. The molecular weight excluding hydrogens is 268 g/mol. The number of halogens is 1. The molecule has 0 fully saturated rings. The Kier molecular flexibility index (Phi) is 4.19. The van der Waals surface area contributed by atoms with E-state index in [1.165, 1.54) is 0 Å². The molecule has 0 saturated heterocycles. The molecule has 0 spiro atoms. The minimum absolute atomic E-state index is 0.302. The van der Waals surface area contributed by atoms with Crippen LogP contribution in [0.5, 0.6) is 5.75 Å². The fourth-order valence-electron chi connectivity index (χ4n) is 1.70. The van der Waals surface area contributed by atoms with Gasteiger partial charge in [-0.25, -0.2) is 0 Å². The van der Waals surface area contributed by atoms with Gasteiger partial charge in [-0.2, -0.15) is 5.10 Å². The first-order chi connectivity index (χ1) is 8.63. The molecular formula is C13H15ClN2OS. The van der Waals surface area contributed by atoms with Crippen LogP contribution >= 0.6 is 23.4 Å². The second kappa shape index (κ2) is 5.67. The molecule has 0 radical (unpaired) electrons. The zero-order chi connectivity index (χ0) is 13.1. The van der Waals surface area contributed by atoms with E-state index in [9.17, 15) is 5.11 Å². The average Bonchev–Trinajstić information content (AvgIpc) is 2.64. The number of aromatic hydroxyl groups is 1. The van der Waals surface area contributed by atoms with Crippen LogP contribution in [-0.4, -0.2) is 14.9 Å². The Morgan fingerprint density at radius 2 is 2.11 bits per heavy atom. The fraction of sp³-hybridized carbons (Fsp3) is 0.308. The number of rotatable bonds is 4. The number of hydrogen-bond acceptors (Lipinski definition) is 3. The highest BCUT2D eigenvalue weighted by Crippen LogP contribution is 2.33. The first-order valence-corrected chi connectivity index (χ1v) is 7.10. The summed E-state index contributed by atoms with van der Waals surface area (Å²) in [6.07, 6.45) is 0.827. The van der Waals surface area contributed by atoms with Gasteiger partial charge in [-0.3, -0.25) is 4.68 Å². The lowest BCUT2D eigenvalue weighted by Crippen LogP contribution is -1.96. The normalized spacial score (nSPS) is 10.8. The fourth-order valence-corrected chi connectivity index (χ4v) is 3.16. The van der Waals surface area contributed by atoms with E-state index in [1.54, 1.807) is 17.8 Å². The molecule has 2 rings (SSSR count). The average molecular weight is 283 g/mol. The Hall–Kier alpha value is -1.13. The van der Waals surface area contributed by atoms with Crippen molar-refractivity contribution in [2.45, 2.75) is 24.0 Å². The molecule has 1 heterocycles. The van der Waals surface area contributed by atoms with Crippen molar-refractivity contribution in [2.24, 2.45) is 7.05 Å². The Balaban J connectivity index is 2.16. The van der Waals surface area contributed by atoms with Gasteiger partial charge in [0.1, 0.15) is 5.75 Å². The van der Waals surface area contributed by atoms with E-state index in [2.05, 4.69) is 5.10 Å². The monoisotopic (exact) mass is 282 g/mol. The van der Waals surface area contributed by atoms with Crippen LogP contribution in [-0.2, 0) is 19.2 Å². The summed E-state index contributed by atoms with van der Waals surface area (Å²) < 4.78 is 1.81. The Morgan fingerprint density at radius 1 is 1.39 bits per heavy atom. The van der Waals surface area contributed by atoms with Gasteiger partial charge >= 0.3 is 0 Å². The molecule has 0 aliphatic heterocycles. The van der Waals surface area contributed by atoms with Crippen molar-refractivity contribution in [3.05, 3.63) is 40.7 Å². The standard InChI is InChI=1S/C13H15ClN2OS/c1-3-9-13(14)10(16(2)15-9)8-18-12-7-5-4-6-11(12)17/h4-7,17H,3,8H2,1-2H3. The summed E-state index contributed by atoms with van der Waals surface area (Å²) in [6, 6.07) is 7.30. The summed E-state index contributed by atoms with van der Waals surface area (Å²) in [7, 11) is 1.89. The van der Waals surface area contributed by atoms with Gasteiger partial charge in [0.2, 0.25) is 0 Å². The predicted molar refractivity (Wildman–Crippen MR) is 75.3 cm³/mol. The van der Waals surface area contributed by atoms with Crippen molar-refractivity contribution in [1.82, 2.24) is 9.78 Å². The molecule has 18 heavy (non-hydrogen) atoms. The number of phenols is 1. The maximum atomic E-state index is 9.70. The van der Waals surface area contributed by atoms with Gasteiger partial charge in [0.15, 0.2) is 0 Å². The van der Waals surface area contributed by atoms with Gasteiger partial charge in [0, 0.05) is 17.7 Å². The highest BCUT2D eigenvalue weighted by Gasteiger charge is 2.13. The molecule has 0 saturated carbocycles.